The molecular weight excluding hydrogens is 384 g/mol. The first-order chi connectivity index (χ1) is 11.9. The molecule has 1 amide bonds. The molecule has 0 saturated heterocycles. The van der Waals surface area contributed by atoms with E-state index in [0.29, 0.717) is 11.4 Å². The minimum absolute atomic E-state index is 0.317. The number of aryl methyl sites for hydroxylation is 1. The Labute approximate surface area is 153 Å². The average Bonchev–Trinajstić information content (AvgIpc) is 3.01. The first kappa shape index (κ1) is 17.2. The van der Waals surface area contributed by atoms with Crippen LogP contribution in [0.15, 0.2) is 53.0 Å². The summed E-state index contributed by atoms with van der Waals surface area (Å²) in [6.45, 7) is 3.50. The van der Waals surface area contributed by atoms with Crippen LogP contribution in [0.4, 0.5) is 5.69 Å². The van der Waals surface area contributed by atoms with Crippen molar-refractivity contribution in [1.29, 1.82) is 0 Å². The fourth-order valence-electron chi connectivity index (χ4n) is 2.42. The van der Waals surface area contributed by atoms with Gasteiger partial charge in [0.15, 0.2) is 6.10 Å². The summed E-state index contributed by atoms with van der Waals surface area (Å²) in [4.78, 5) is 27.5. The smallest absolute Gasteiger partial charge is 0.355 e. The SMILES string of the molecule is Cc1ccc(NC(=O)[C@H](C)OC(=O)c2cc3ccccc3[nH]2)c(Br)c1. The van der Waals surface area contributed by atoms with Gasteiger partial charge in [-0.15, -0.1) is 0 Å². The fourth-order valence-corrected chi connectivity index (χ4v) is 3.01. The molecule has 5 nitrogen and oxygen atoms in total. The monoisotopic (exact) mass is 400 g/mol. The van der Waals surface area contributed by atoms with E-state index < -0.39 is 18.0 Å². The molecule has 0 aliphatic rings. The van der Waals surface area contributed by atoms with Crippen LogP contribution in [-0.2, 0) is 9.53 Å². The van der Waals surface area contributed by atoms with E-state index >= 15 is 0 Å². The lowest BCUT2D eigenvalue weighted by Gasteiger charge is -2.14. The van der Waals surface area contributed by atoms with Crippen LogP contribution >= 0.6 is 15.9 Å². The number of carbonyl (C=O) groups is 2. The van der Waals surface area contributed by atoms with Crippen molar-refractivity contribution in [2.75, 3.05) is 5.32 Å². The molecule has 1 heterocycles. The largest absolute Gasteiger partial charge is 0.448 e. The molecule has 0 aliphatic heterocycles. The van der Waals surface area contributed by atoms with E-state index in [2.05, 4.69) is 26.2 Å². The number of benzene rings is 2. The van der Waals surface area contributed by atoms with Crippen molar-refractivity contribution in [3.63, 3.8) is 0 Å². The zero-order valence-electron chi connectivity index (χ0n) is 13.8. The van der Waals surface area contributed by atoms with Gasteiger partial charge in [0.1, 0.15) is 5.69 Å². The van der Waals surface area contributed by atoms with Crippen LogP contribution in [0, 0.1) is 6.92 Å². The van der Waals surface area contributed by atoms with E-state index in [9.17, 15) is 9.59 Å². The van der Waals surface area contributed by atoms with Gasteiger partial charge in [0.25, 0.3) is 5.91 Å². The maximum atomic E-state index is 12.3. The average molecular weight is 401 g/mol. The summed E-state index contributed by atoms with van der Waals surface area (Å²) in [5.74, 6) is -0.962. The number of halogens is 1. The van der Waals surface area contributed by atoms with Gasteiger partial charge in [0.2, 0.25) is 0 Å². The number of anilines is 1. The topological polar surface area (TPSA) is 71.2 Å². The Morgan fingerprint density at radius 3 is 2.64 bits per heavy atom. The van der Waals surface area contributed by atoms with Crippen LogP contribution in [-0.4, -0.2) is 23.0 Å². The standard InChI is InChI=1S/C19H17BrN2O3/c1-11-7-8-16(14(20)9-11)22-18(23)12(2)25-19(24)17-10-13-5-3-4-6-15(13)21-17/h3-10,12,21H,1-2H3,(H,22,23)/t12-/m0/s1. The van der Waals surface area contributed by atoms with E-state index in [4.69, 9.17) is 4.74 Å². The number of para-hydroxylation sites is 1. The van der Waals surface area contributed by atoms with Crippen LogP contribution in [0.1, 0.15) is 23.0 Å². The van der Waals surface area contributed by atoms with Gasteiger partial charge in [0.05, 0.1) is 5.69 Å². The molecule has 0 unspecified atom stereocenters. The molecule has 0 radical (unpaired) electrons. The molecule has 1 aromatic heterocycles. The highest BCUT2D eigenvalue weighted by Gasteiger charge is 2.20. The number of hydrogen-bond donors (Lipinski definition) is 2. The number of rotatable bonds is 4. The molecule has 3 aromatic rings. The van der Waals surface area contributed by atoms with Crippen LogP contribution in [0.5, 0.6) is 0 Å². The number of aromatic amines is 1. The number of nitrogens with one attached hydrogen (secondary N) is 2. The Bertz CT molecular complexity index is 916. The third-order valence-electron chi connectivity index (χ3n) is 3.79. The third-order valence-corrected chi connectivity index (χ3v) is 4.44. The van der Waals surface area contributed by atoms with Crippen LogP contribution in [0.3, 0.4) is 0 Å². The van der Waals surface area contributed by atoms with Crippen LogP contribution in [0.25, 0.3) is 10.9 Å². The van der Waals surface area contributed by atoms with Gasteiger partial charge in [-0.3, -0.25) is 4.79 Å². The molecule has 128 valence electrons. The molecule has 3 rings (SSSR count). The third kappa shape index (κ3) is 3.91. The van der Waals surface area contributed by atoms with Crippen molar-refractivity contribution in [2.24, 2.45) is 0 Å². The Kier molecular flexibility index (Phi) is 4.90. The Hall–Kier alpha value is -2.60. The first-order valence-electron chi connectivity index (χ1n) is 7.80. The lowest BCUT2D eigenvalue weighted by molar-refractivity contribution is -0.123. The summed E-state index contributed by atoms with van der Waals surface area (Å²) < 4.78 is 6.04. The van der Waals surface area contributed by atoms with Crippen LogP contribution < -0.4 is 5.32 Å². The number of carbonyl (C=O) groups excluding carboxylic acids is 2. The maximum absolute atomic E-state index is 12.3. The molecule has 1 atom stereocenters. The summed E-state index contributed by atoms with van der Waals surface area (Å²) in [5.41, 5.74) is 2.86. The molecule has 6 heteroatoms. The molecule has 0 bridgehead atoms. The Balaban J connectivity index is 1.67. The first-order valence-corrected chi connectivity index (χ1v) is 8.59. The van der Waals surface area contributed by atoms with Gasteiger partial charge in [-0.05, 0) is 59.6 Å². The second kappa shape index (κ2) is 7.11. The van der Waals surface area contributed by atoms with Gasteiger partial charge in [0, 0.05) is 15.4 Å². The zero-order chi connectivity index (χ0) is 18.0. The quantitative estimate of drug-likeness (QED) is 0.636. The van der Waals surface area contributed by atoms with E-state index in [1.165, 1.54) is 6.92 Å². The van der Waals surface area contributed by atoms with Crippen molar-refractivity contribution < 1.29 is 14.3 Å². The number of ether oxygens (including phenoxy) is 1. The van der Waals surface area contributed by atoms with E-state index in [1.807, 2.05) is 43.3 Å². The zero-order valence-corrected chi connectivity index (χ0v) is 15.4. The highest BCUT2D eigenvalue weighted by atomic mass is 79.9. The second-order valence-corrected chi connectivity index (χ2v) is 6.64. The Morgan fingerprint density at radius 2 is 1.92 bits per heavy atom. The lowest BCUT2D eigenvalue weighted by Crippen LogP contribution is -2.30. The van der Waals surface area contributed by atoms with E-state index in [0.717, 1.165) is 20.9 Å². The highest BCUT2D eigenvalue weighted by molar-refractivity contribution is 9.10. The van der Waals surface area contributed by atoms with Crippen molar-refractivity contribution in [2.45, 2.75) is 20.0 Å². The predicted octanol–water partition coefficient (Wildman–Crippen LogP) is 4.42. The molecular formula is C19H17BrN2O3. The maximum Gasteiger partial charge on any atom is 0.355 e. The molecule has 0 fully saturated rings. The summed E-state index contributed by atoms with van der Waals surface area (Å²) in [5, 5.41) is 3.66. The van der Waals surface area contributed by atoms with Gasteiger partial charge < -0.3 is 15.0 Å². The van der Waals surface area contributed by atoms with Crippen LogP contribution in [0.2, 0.25) is 0 Å². The number of hydrogen-bond acceptors (Lipinski definition) is 3. The molecule has 0 saturated carbocycles. The van der Waals surface area contributed by atoms with E-state index in [-0.39, 0.29) is 0 Å². The van der Waals surface area contributed by atoms with Gasteiger partial charge in [-0.25, -0.2) is 4.79 Å². The lowest BCUT2D eigenvalue weighted by atomic mass is 10.2. The molecule has 0 spiro atoms. The van der Waals surface area contributed by atoms with Gasteiger partial charge >= 0.3 is 5.97 Å². The molecule has 2 N–H and O–H groups in total. The summed E-state index contributed by atoms with van der Waals surface area (Å²) in [6.07, 6.45) is -0.924. The number of aromatic nitrogens is 1. The predicted molar refractivity (Wildman–Crippen MR) is 101 cm³/mol. The van der Waals surface area contributed by atoms with Crippen molar-refractivity contribution >= 4 is 44.4 Å². The minimum atomic E-state index is -0.924. The molecule has 25 heavy (non-hydrogen) atoms. The molecule has 0 aliphatic carbocycles. The molecule has 2 aromatic carbocycles. The number of esters is 1. The van der Waals surface area contributed by atoms with Crippen molar-refractivity contribution in [3.8, 4) is 0 Å². The number of H-pyrrole nitrogens is 1. The number of fused-ring (bicyclic) bond motifs is 1. The summed E-state index contributed by atoms with van der Waals surface area (Å²) in [7, 11) is 0. The van der Waals surface area contributed by atoms with Gasteiger partial charge in [-0.1, -0.05) is 24.3 Å². The van der Waals surface area contributed by atoms with Gasteiger partial charge in [-0.2, -0.15) is 0 Å². The highest BCUT2D eigenvalue weighted by Crippen LogP contribution is 2.23. The summed E-state index contributed by atoms with van der Waals surface area (Å²) in [6, 6.07) is 14.8. The summed E-state index contributed by atoms with van der Waals surface area (Å²) >= 11 is 3.40. The minimum Gasteiger partial charge on any atom is -0.448 e. The normalized spacial score (nSPS) is 12.0. The van der Waals surface area contributed by atoms with Crippen molar-refractivity contribution in [1.82, 2.24) is 4.98 Å². The number of amides is 1. The second-order valence-electron chi connectivity index (χ2n) is 5.79. The van der Waals surface area contributed by atoms with E-state index in [1.54, 1.807) is 12.1 Å². The fraction of sp³-hybridized carbons (Fsp3) is 0.158. The Morgan fingerprint density at radius 1 is 1.16 bits per heavy atom. The van der Waals surface area contributed by atoms with Crippen molar-refractivity contribution in [3.05, 3.63) is 64.3 Å².